The molecular formula is C12H13N3OS. The highest BCUT2D eigenvalue weighted by atomic mass is 32.1. The van der Waals surface area contributed by atoms with Crippen LogP contribution < -0.4 is 4.90 Å². The summed E-state index contributed by atoms with van der Waals surface area (Å²) in [5.74, 6) is 0. The summed E-state index contributed by atoms with van der Waals surface area (Å²) < 4.78 is 5.33. The predicted molar refractivity (Wildman–Crippen MR) is 68.4 cm³/mol. The summed E-state index contributed by atoms with van der Waals surface area (Å²) in [6, 6.07) is 10.2. The van der Waals surface area contributed by atoms with Crippen molar-refractivity contribution >= 4 is 16.5 Å². The van der Waals surface area contributed by atoms with Crippen molar-refractivity contribution in [3.63, 3.8) is 0 Å². The summed E-state index contributed by atoms with van der Waals surface area (Å²) in [6.45, 7) is 3.37. The van der Waals surface area contributed by atoms with Crippen molar-refractivity contribution in [2.45, 2.75) is 0 Å². The monoisotopic (exact) mass is 247 g/mol. The van der Waals surface area contributed by atoms with E-state index in [2.05, 4.69) is 27.2 Å². The van der Waals surface area contributed by atoms with Crippen LogP contribution in [0.3, 0.4) is 0 Å². The molecule has 0 aliphatic carbocycles. The van der Waals surface area contributed by atoms with Crippen LogP contribution in [0.15, 0.2) is 30.3 Å². The molecule has 17 heavy (non-hydrogen) atoms. The zero-order valence-corrected chi connectivity index (χ0v) is 10.2. The summed E-state index contributed by atoms with van der Waals surface area (Å²) in [7, 11) is 0. The molecule has 1 aromatic carbocycles. The fraction of sp³-hybridized carbons (Fsp3) is 0.333. The first-order chi connectivity index (χ1) is 8.43. The number of morpholine rings is 1. The number of hydrogen-bond donors (Lipinski definition) is 0. The number of hydrogen-bond acceptors (Lipinski definition) is 5. The number of aromatic nitrogens is 2. The molecule has 2 aromatic rings. The molecule has 1 aliphatic rings. The van der Waals surface area contributed by atoms with Crippen LogP contribution in [0, 0.1) is 0 Å². The van der Waals surface area contributed by atoms with Gasteiger partial charge >= 0.3 is 0 Å². The maximum Gasteiger partial charge on any atom is 0.208 e. The van der Waals surface area contributed by atoms with Gasteiger partial charge in [0.1, 0.15) is 5.01 Å². The van der Waals surface area contributed by atoms with Gasteiger partial charge in [0.05, 0.1) is 13.2 Å². The van der Waals surface area contributed by atoms with Crippen LogP contribution in [-0.2, 0) is 4.74 Å². The minimum atomic E-state index is 0.778. The third-order valence-electron chi connectivity index (χ3n) is 2.72. The van der Waals surface area contributed by atoms with Crippen LogP contribution in [0.4, 0.5) is 5.13 Å². The molecule has 1 saturated heterocycles. The Hall–Kier alpha value is -1.46. The normalized spacial score (nSPS) is 16.1. The lowest BCUT2D eigenvalue weighted by Gasteiger charge is -2.25. The van der Waals surface area contributed by atoms with Gasteiger partial charge in [0.2, 0.25) is 5.13 Å². The summed E-state index contributed by atoms with van der Waals surface area (Å²) in [5.41, 5.74) is 1.13. The van der Waals surface area contributed by atoms with E-state index in [1.165, 1.54) is 0 Å². The molecule has 0 atom stereocenters. The first-order valence-electron chi connectivity index (χ1n) is 5.65. The maximum atomic E-state index is 5.33. The van der Waals surface area contributed by atoms with E-state index in [-0.39, 0.29) is 0 Å². The molecule has 0 amide bonds. The second-order valence-electron chi connectivity index (χ2n) is 3.86. The molecule has 1 aliphatic heterocycles. The molecule has 88 valence electrons. The fourth-order valence-electron chi connectivity index (χ4n) is 1.80. The van der Waals surface area contributed by atoms with Gasteiger partial charge in [0.15, 0.2) is 0 Å². The van der Waals surface area contributed by atoms with Crippen molar-refractivity contribution in [3.05, 3.63) is 30.3 Å². The van der Waals surface area contributed by atoms with Crippen molar-refractivity contribution in [3.8, 4) is 10.6 Å². The zero-order chi connectivity index (χ0) is 11.5. The molecule has 0 spiro atoms. The Morgan fingerprint density at radius 1 is 1.06 bits per heavy atom. The van der Waals surface area contributed by atoms with Crippen molar-refractivity contribution in [2.75, 3.05) is 31.2 Å². The highest BCUT2D eigenvalue weighted by molar-refractivity contribution is 7.18. The maximum absolute atomic E-state index is 5.33. The van der Waals surface area contributed by atoms with Crippen LogP contribution in [-0.4, -0.2) is 36.5 Å². The van der Waals surface area contributed by atoms with Crippen molar-refractivity contribution in [1.82, 2.24) is 10.2 Å². The number of ether oxygens (including phenoxy) is 1. The number of benzene rings is 1. The molecule has 0 radical (unpaired) electrons. The zero-order valence-electron chi connectivity index (χ0n) is 9.37. The Bertz CT molecular complexity index is 480. The van der Waals surface area contributed by atoms with Gasteiger partial charge in [0, 0.05) is 18.7 Å². The van der Waals surface area contributed by atoms with Gasteiger partial charge in [0.25, 0.3) is 0 Å². The highest BCUT2D eigenvalue weighted by Gasteiger charge is 2.16. The van der Waals surface area contributed by atoms with E-state index >= 15 is 0 Å². The number of rotatable bonds is 2. The Kier molecular flexibility index (Phi) is 3.02. The molecule has 3 rings (SSSR count). The summed E-state index contributed by atoms with van der Waals surface area (Å²) in [6.07, 6.45) is 0. The topological polar surface area (TPSA) is 38.2 Å². The van der Waals surface area contributed by atoms with E-state index in [1.54, 1.807) is 11.3 Å². The lowest BCUT2D eigenvalue weighted by Crippen LogP contribution is -2.36. The first kappa shape index (κ1) is 10.7. The van der Waals surface area contributed by atoms with Gasteiger partial charge in [-0.3, -0.25) is 0 Å². The fourth-order valence-corrected chi connectivity index (χ4v) is 2.70. The summed E-state index contributed by atoms with van der Waals surface area (Å²) in [5, 5.41) is 10.5. The number of nitrogens with zero attached hydrogens (tertiary/aromatic N) is 3. The van der Waals surface area contributed by atoms with Gasteiger partial charge in [-0.1, -0.05) is 41.7 Å². The van der Waals surface area contributed by atoms with Crippen molar-refractivity contribution in [1.29, 1.82) is 0 Å². The van der Waals surface area contributed by atoms with E-state index < -0.39 is 0 Å². The van der Waals surface area contributed by atoms with E-state index in [4.69, 9.17) is 4.74 Å². The van der Waals surface area contributed by atoms with Crippen LogP contribution >= 0.6 is 11.3 Å². The average Bonchev–Trinajstić information content (AvgIpc) is 2.90. The van der Waals surface area contributed by atoms with Gasteiger partial charge in [-0.25, -0.2) is 0 Å². The Balaban J connectivity index is 1.83. The van der Waals surface area contributed by atoms with E-state index in [1.807, 2.05) is 18.2 Å². The average molecular weight is 247 g/mol. The van der Waals surface area contributed by atoms with E-state index in [0.29, 0.717) is 0 Å². The molecule has 4 nitrogen and oxygen atoms in total. The largest absolute Gasteiger partial charge is 0.378 e. The second-order valence-corrected chi connectivity index (χ2v) is 4.81. The third kappa shape index (κ3) is 2.30. The smallest absolute Gasteiger partial charge is 0.208 e. The summed E-state index contributed by atoms with van der Waals surface area (Å²) in [4.78, 5) is 2.23. The van der Waals surface area contributed by atoms with Crippen LogP contribution in [0.5, 0.6) is 0 Å². The second kappa shape index (κ2) is 4.81. The third-order valence-corrected chi connectivity index (χ3v) is 3.75. The highest BCUT2D eigenvalue weighted by Crippen LogP contribution is 2.28. The quantitative estimate of drug-likeness (QED) is 0.814. The lowest BCUT2D eigenvalue weighted by atomic mass is 10.2. The molecule has 0 unspecified atom stereocenters. The minimum Gasteiger partial charge on any atom is -0.378 e. The van der Waals surface area contributed by atoms with E-state index in [9.17, 15) is 0 Å². The SMILES string of the molecule is c1ccc(-c2nnc(N3CCOCC3)s2)cc1. The van der Waals surface area contributed by atoms with Gasteiger partial charge in [-0.15, -0.1) is 10.2 Å². The lowest BCUT2D eigenvalue weighted by molar-refractivity contribution is 0.122. The van der Waals surface area contributed by atoms with Gasteiger partial charge < -0.3 is 9.64 Å². The molecule has 1 aromatic heterocycles. The van der Waals surface area contributed by atoms with Gasteiger partial charge in [-0.05, 0) is 0 Å². The molecule has 0 bridgehead atoms. The standard InChI is InChI=1S/C12H13N3OS/c1-2-4-10(5-3-1)11-13-14-12(17-11)15-6-8-16-9-7-15/h1-5H,6-9H2. The minimum absolute atomic E-state index is 0.778. The molecule has 0 saturated carbocycles. The first-order valence-corrected chi connectivity index (χ1v) is 6.47. The Morgan fingerprint density at radius 3 is 2.59 bits per heavy atom. The van der Waals surface area contributed by atoms with Crippen LogP contribution in [0.2, 0.25) is 0 Å². The van der Waals surface area contributed by atoms with E-state index in [0.717, 1.165) is 42.0 Å². The molecule has 2 heterocycles. The molecular weight excluding hydrogens is 234 g/mol. The Labute approximate surface area is 104 Å². The molecule has 1 fully saturated rings. The van der Waals surface area contributed by atoms with Gasteiger partial charge in [-0.2, -0.15) is 0 Å². The predicted octanol–water partition coefficient (Wildman–Crippen LogP) is 2.04. The number of anilines is 1. The van der Waals surface area contributed by atoms with Crippen molar-refractivity contribution < 1.29 is 4.74 Å². The van der Waals surface area contributed by atoms with Crippen molar-refractivity contribution in [2.24, 2.45) is 0 Å². The van der Waals surface area contributed by atoms with Crippen LogP contribution in [0.25, 0.3) is 10.6 Å². The van der Waals surface area contributed by atoms with Crippen LogP contribution in [0.1, 0.15) is 0 Å². The molecule has 5 heteroatoms. The summed E-state index contributed by atoms with van der Waals surface area (Å²) >= 11 is 1.64. The Morgan fingerprint density at radius 2 is 1.82 bits per heavy atom. The molecule has 0 N–H and O–H groups in total.